The van der Waals surface area contributed by atoms with Gasteiger partial charge in [0.1, 0.15) is 5.75 Å². The molecule has 0 aromatic heterocycles. The molecule has 0 N–H and O–H groups in total. The molecule has 0 fully saturated rings. The fourth-order valence-electron chi connectivity index (χ4n) is 1.71. The number of carbonyl (C=O) groups is 1. The van der Waals surface area contributed by atoms with Crippen molar-refractivity contribution < 1.29 is 9.53 Å². The number of unbranched alkanes of at least 4 members (excludes halogenated alkanes) is 1. The van der Waals surface area contributed by atoms with Gasteiger partial charge in [-0.1, -0.05) is 13.3 Å². The first-order chi connectivity index (χ1) is 9.04. The van der Waals surface area contributed by atoms with Gasteiger partial charge in [-0.25, -0.2) is 0 Å². The molecule has 0 spiro atoms. The van der Waals surface area contributed by atoms with Gasteiger partial charge >= 0.3 is 0 Å². The summed E-state index contributed by atoms with van der Waals surface area (Å²) in [5.41, 5.74) is 0.655. The van der Waals surface area contributed by atoms with E-state index in [2.05, 4.69) is 6.92 Å². The second-order valence-electron chi connectivity index (χ2n) is 4.69. The summed E-state index contributed by atoms with van der Waals surface area (Å²) in [6, 6.07) is 7.25. The maximum absolute atomic E-state index is 12.1. The molecule has 1 aromatic rings. The van der Waals surface area contributed by atoms with Gasteiger partial charge < -0.3 is 9.64 Å². The van der Waals surface area contributed by atoms with Crippen LogP contribution in [0.5, 0.6) is 5.75 Å². The summed E-state index contributed by atoms with van der Waals surface area (Å²) in [7, 11) is 1.76. The molecule has 1 rings (SSSR count). The lowest BCUT2D eigenvalue weighted by Crippen LogP contribution is -2.31. The molecule has 4 heteroatoms. The first-order valence-corrected chi connectivity index (χ1v) is 7.10. The molecule has 1 unspecified atom stereocenters. The Balaban J connectivity index is 2.57. The van der Waals surface area contributed by atoms with Crippen molar-refractivity contribution in [3.05, 3.63) is 29.8 Å². The number of hydrogen-bond donors (Lipinski definition) is 0. The van der Waals surface area contributed by atoms with E-state index in [1.165, 1.54) is 0 Å². The van der Waals surface area contributed by atoms with Gasteiger partial charge in [-0.3, -0.25) is 4.79 Å². The van der Waals surface area contributed by atoms with Gasteiger partial charge in [0.15, 0.2) is 0 Å². The van der Waals surface area contributed by atoms with Crippen LogP contribution in [0.2, 0.25) is 0 Å². The summed E-state index contributed by atoms with van der Waals surface area (Å²) in [5, 5.41) is -0.0504. The Kier molecular flexibility index (Phi) is 6.71. The maximum atomic E-state index is 12.1. The summed E-state index contributed by atoms with van der Waals surface area (Å²) in [6.07, 6.45) is 2.15. The number of benzene rings is 1. The lowest BCUT2D eigenvalue weighted by molar-refractivity contribution is 0.0796. The zero-order valence-corrected chi connectivity index (χ0v) is 12.6. The van der Waals surface area contributed by atoms with Crippen LogP contribution >= 0.6 is 11.6 Å². The molecule has 0 heterocycles. The van der Waals surface area contributed by atoms with Crippen molar-refractivity contribution in [2.24, 2.45) is 0 Å². The minimum atomic E-state index is -0.0504. The van der Waals surface area contributed by atoms with Crippen molar-refractivity contribution >= 4 is 17.5 Å². The molecule has 0 bridgehead atoms. The van der Waals surface area contributed by atoms with Gasteiger partial charge in [-0.15, -0.1) is 11.6 Å². The van der Waals surface area contributed by atoms with Crippen molar-refractivity contribution in [3.8, 4) is 5.75 Å². The quantitative estimate of drug-likeness (QED) is 0.566. The fraction of sp³-hybridized carbons (Fsp3) is 0.533. The van der Waals surface area contributed by atoms with Gasteiger partial charge in [-0.05, 0) is 37.6 Å². The number of nitrogens with zero attached hydrogens (tertiary/aromatic N) is 1. The Labute approximate surface area is 120 Å². The third kappa shape index (κ3) is 5.52. The normalized spacial score (nSPS) is 12.0. The molecule has 1 atom stereocenters. The van der Waals surface area contributed by atoms with Crippen molar-refractivity contribution in [2.45, 2.75) is 32.1 Å². The zero-order chi connectivity index (χ0) is 14.3. The molecule has 0 aliphatic carbocycles. The number of ether oxygens (including phenoxy) is 1. The monoisotopic (exact) mass is 283 g/mol. The molecule has 0 saturated carbocycles. The Hall–Kier alpha value is -1.22. The van der Waals surface area contributed by atoms with E-state index in [1.54, 1.807) is 24.1 Å². The number of carbonyl (C=O) groups excluding carboxylic acids is 1. The molecule has 3 nitrogen and oxygen atoms in total. The van der Waals surface area contributed by atoms with Crippen LogP contribution < -0.4 is 4.74 Å². The van der Waals surface area contributed by atoms with Gasteiger partial charge in [0.2, 0.25) is 0 Å². The topological polar surface area (TPSA) is 29.5 Å². The lowest BCUT2D eigenvalue weighted by Gasteiger charge is -2.18. The van der Waals surface area contributed by atoms with Crippen molar-refractivity contribution in [3.63, 3.8) is 0 Å². The SMILES string of the molecule is CCCCOc1ccc(C(=O)N(C)CC(C)Cl)cc1. The smallest absolute Gasteiger partial charge is 0.253 e. The molecule has 1 aromatic carbocycles. The summed E-state index contributed by atoms with van der Waals surface area (Å²) >= 11 is 5.89. The van der Waals surface area contributed by atoms with Crippen LogP contribution in [-0.4, -0.2) is 36.4 Å². The highest BCUT2D eigenvalue weighted by Crippen LogP contribution is 2.14. The summed E-state index contributed by atoms with van der Waals surface area (Å²) in [4.78, 5) is 13.7. The number of hydrogen-bond acceptors (Lipinski definition) is 2. The van der Waals surface area contributed by atoms with Gasteiger partial charge in [0, 0.05) is 24.5 Å². The Morgan fingerprint density at radius 2 is 2.00 bits per heavy atom. The molecule has 19 heavy (non-hydrogen) atoms. The lowest BCUT2D eigenvalue weighted by atomic mass is 10.2. The molecule has 0 aliphatic rings. The second-order valence-corrected chi connectivity index (χ2v) is 5.44. The van der Waals surface area contributed by atoms with Gasteiger partial charge in [0.25, 0.3) is 5.91 Å². The van der Waals surface area contributed by atoms with Crippen molar-refractivity contribution in [1.82, 2.24) is 4.90 Å². The highest BCUT2D eigenvalue weighted by Gasteiger charge is 2.13. The second kappa shape index (κ2) is 8.05. The maximum Gasteiger partial charge on any atom is 0.253 e. The molecule has 0 aliphatic heterocycles. The minimum absolute atomic E-state index is 0.0207. The highest BCUT2D eigenvalue weighted by atomic mass is 35.5. The standard InChI is InChI=1S/C15H22ClNO2/c1-4-5-10-19-14-8-6-13(7-9-14)15(18)17(3)11-12(2)16/h6-9,12H,4-5,10-11H2,1-3H3. The zero-order valence-electron chi connectivity index (χ0n) is 11.9. The van der Waals surface area contributed by atoms with Crippen molar-refractivity contribution in [1.29, 1.82) is 0 Å². The summed E-state index contributed by atoms with van der Waals surface area (Å²) in [5.74, 6) is 0.783. The van der Waals surface area contributed by atoms with Crippen molar-refractivity contribution in [2.75, 3.05) is 20.2 Å². The van der Waals surface area contributed by atoms with E-state index in [0.717, 1.165) is 18.6 Å². The van der Waals surface area contributed by atoms with Crippen LogP contribution in [-0.2, 0) is 0 Å². The van der Waals surface area contributed by atoms with Crippen LogP contribution in [0.3, 0.4) is 0 Å². The minimum Gasteiger partial charge on any atom is -0.494 e. The van der Waals surface area contributed by atoms with E-state index in [4.69, 9.17) is 16.3 Å². The van der Waals surface area contributed by atoms with Crippen LogP contribution in [0.1, 0.15) is 37.0 Å². The van der Waals surface area contributed by atoms with E-state index < -0.39 is 0 Å². The summed E-state index contributed by atoms with van der Waals surface area (Å²) in [6.45, 7) is 5.25. The van der Waals surface area contributed by atoms with Gasteiger partial charge in [-0.2, -0.15) is 0 Å². The first-order valence-electron chi connectivity index (χ1n) is 6.67. The largest absolute Gasteiger partial charge is 0.494 e. The van der Waals surface area contributed by atoms with Crippen LogP contribution in [0.15, 0.2) is 24.3 Å². The fourth-order valence-corrected chi connectivity index (χ4v) is 1.92. The van der Waals surface area contributed by atoms with Gasteiger partial charge in [0.05, 0.1) is 6.61 Å². The average molecular weight is 284 g/mol. The van der Waals surface area contributed by atoms with E-state index in [0.29, 0.717) is 18.7 Å². The third-order valence-corrected chi connectivity index (χ3v) is 2.88. The Bertz CT molecular complexity index is 390. The highest BCUT2D eigenvalue weighted by molar-refractivity contribution is 6.20. The molecular weight excluding hydrogens is 262 g/mol. The molecular formula is C15H22ClNO2. The van der Waals surface area contributed by atoms with Crippen LogP contribution in [0.4, 0.5) is 0 Å². The van der Waals surface area contributed by atoms with E-state index in [9.17, 15) is 4.79 Å². The predicted octanol–water partition coefficient (Wildman–Crippen LogP) is 3.56. The van der Waals surface area contributed by atoms with Crippen LogP contribution in [0.25, 0.3) is 0 Å². The number of halogens is 1. The first kappa shape index (κ1) is 15.8. The number of alkyl halides is 1. The predicted molar refractivity (Wildman–Crippen MR) is 79.1 cm³/mol. The van der Waals surface area contributed by atoms with E-state index in [-0.39, 0.29) is 11.3 Å². The number of rotatable bonds is 7. The third-order valence-electron chi connectivity index (χ3n) is 2.74. The van der Waals surface area contributed by atoms with E-state index >= 15 is 0 Å². The summed E-state index contributed by atoms with van der Waals surface area (Å²) < 4.78 is 5.56. The molecule has 0 saturated heterocycles. The van der Waals surface area contributed by atoms with E-state index in [1.807, 2.05) is 19.1 Å². The molecule has 106 valence electrons. The number of amides is 1. The molecule has 0 radical (unpaired) electrons. The Morgan fingerprint density at radius 3 is 2.53 bits per heavy atom. The Morgan fingerprint density at radius 1 is 1.37 bits per heavy atom. The van der Waals surface area contributed by atoms with Crippen LogP contribution in [0, 0.1) is 0 Å². The average Bonchev–Trinajstić information content (AvgIpc) is 2.38. The molecule has 1 amide bonds.